The van der Waals surface area contributed by atoms with Crippen LogP contribution in [0.5, 0.6) is 0 Å². The van der Waals surface area contributed by atoms with E-state index in [0.717, 1.165) is 19.3 Å². The van der Waals surface area contributed by atoms with Crippen molar-refractivity contribution >= 4 is 17.8 Å². The Hall–Kier alpha value is -4.02. The third-order valence-electron chi connectivity index (χ3n) is 6.40. The van der Waals surface area contributed by atoms with Gasteiger partial charge in [-0.3, -0.25) is 19.5 Å². The van der Waals surface area contributed by atoms with Gasteiger partial charge in [-0.1, -0.05) is 11.6 Å². The number of aryl methyl sites for hydroxylation is 1. The SMILES string of the molecule is Cc1cc(-c2cc(-c3cc(NC(=O)OC(C)(C)C)ncn3)no2)c(=O)n2c1C(=O)NC21CCCCC1. The Morgan fingerprint density at radius 2 is 1.86 bits per heavy atom. The molecule has 0 atom stereocenters. The number of nitrogens with one attached hydrogen (secondary N) is 2. The number of rotatable bonds is 3. The fraction of sp³-hybridized carbons (Fsp3) is 0.440. The highest BCUT2D eigenvalue weighted by atomic mass is 16.6. The van der Waals surface area contributed by atoms with Crippen LogP contribution in [0.25, 0.3) is 22.7 Å². The minimum atomic E-state index is -0.694. The van der Waals surface area contributed by atoms with Crippen LogP contribution in [-0.2, 0) is 10.4 Å². The minimum Gasteiger partial charge on any atom is -0.444 e. The van der Waals surface area contributed by atoms with Gasteiger partial charge in [0.2, 0.25) is 0 Å². The fourth-order valence-electron chi connectivity index (χ4n) is 4.92. The number of nitrogens with zero attached hydrogens (tertiary/aromatic N) is 4. The number of fused-ring (bicyclic) bond motifs is 2. The number of hydrogen-bond acceptors (Lipinski definition) is 8. The molecule has 2 amide bonds. The van der Waals surface area contributed by atoms with Crippen LogP contribution in [0.3, 0.4) is 0 Å². The van der Waals surface area contributed by atoms with E-state index in [1.807, 2.05) is 6.92 Å². The summed E-state index contributed by atoms with van der Waals surface area (Å²) in [5.74, 6) is 0.275. The van der Waals surface area contributed by atoms with Gasteiger partial charge in [0.1, 0.15) is 34.8 Å². The zero-order valence-electron chi connectivity index (χ0n) is 20.7. The fourth-order valence-corrected chi connectivity index (χ4v) is 4.92. The molecule has 3 aromatic heterocycles. The van der Waals surface area contributed by atoms with Crippen LogP contribution in [0.15, 0.2) is 33.8 Å². The van der Waals surface area contributed by atoms with Crippen LogP contribution in [-0.4, -0.2) is 37.3 Å². The lowest BCUT2D eigenvalue weighted by Gasteiger charge is -2.35. The smallest absolute Gasteiger partial charge is 0.413 e. The summed E-state index contributed by atoms with van der Waals surface area (Å²) >= 11 is 0. The average Bonchev–Trinajstić information content (AvgIpc) is 3.39. The molecule has 2 N–H and O–H groups in total. The Morgan fingerprint density at radius 1 is 1.11 bits per heavy atom. The number of ether oxygens (including phenoxy) is 1. The van der Waals surface area contributed by atoms with Crippen LogP contribution in [0.4, 0.5) is 10.6 Å². The van der Waals surface area contributed by atoms with Gasteiger partial charge in [0.05, 0.1) is 11.3 Å². The summed E-state index contributed by atoms with van der Waals surface area (Å²) in [5.41, 5.74) is 0.520. The van der Waals surface area contributed by atoms with Crippen molar-refractivity contribution < 1.29 is 18.8 Å². The molecule has 0 radical (unpaired) electrons. The predicted octanol–water partition coefficient (Wildman–Crippen LogP) is 3.98. The van der Waals surface area contributed by atoms with Crippen LogP contribution in [0, 0.1) is 6.92 Å². The maximum atomic E-state index is 13.7. The van der Waals surface area contributed by atoms with E-state index in [1.54, 1.807) is 37.5 Å². The molecule has 2 aliphatic rings. The standard InChI is InChI=1S/C25H28N6O5/c1-14-10-15(22(33)31-20(14)21(32)29-25(31)8-6-5-7-9-25)18-11-17(30-36-18)16-12-19(27-13-26-16)28-23(34)35-24(2,3)4/h10-13H,5-9H2,1-4H3,(H,29,32)(H,26,27,28,34). The largest absolute Gasteiger partial charge is 0.444 e. The van der Waals surface area contributed by atoms with E-state index >= 15 is 0 Å². The van der Waals surface area contributed by atoms with Crippen molar-refractivity contribution in [2.24, 2.45) is 0 Å². The van der Waals surface area contributed by atoms with E-state index in [-0.39, 0.29) is 23.0 Å². The quantitative estimate of drug-likeness (QED) is 0.559. The lowest BCUT2D eigenvalue weighted by molar-refractivity contribution is 0.0635. The first-order valence-electron chi connectivity index (χ1n) is 12.0. The van der Waals surface area contributed by atoms with Crippen molar-refractivity contribution in [2.45, 2.75) is 71.1 Å². The molecule has 188 valence electrons. The van der Waals surface area contributed by atoms with Crippen molar-refractivity contribution in [1.82, 2.24) is 25.0 Å². The molecule has 1 saturated carbocycles. The molecule has 11 heteroatoms. The van der Waals surface area contributed by atoms with E-state index in [1.165, 1.54) is 12.4 Å². The van der Waals surface area contributed by atoms with Crippen LogP contribution in [0.2, 0.25) is 0 Å². The third kappa shape index (κ3) is 4.25. The number of aromatic nitrogens is 4. The van der Waals surface area contributed by atoms with Gasteiger partial charge in [-0.15, -0.1) is 0 Å². The van der Waals surface area contributed by atoms with Gasteiger partial charge in [0.15, 0.2) is 5.76 Å². The van der Waals surface area contributed by atoms with Gasteiger partial charge in [0, 0.05) is 12.1 Å². The van der Waals surface area contributed by atoms with Crippen molar-refractivity contribution in [3.63, 3.8) is 0 Å². The van der Waals surface area contributed by atoms with Crippen LogP contribution in [0.1, 0.15) is 68.9 Å². The van der Waals surface area contributed by atoms with E-state index in [2.05, 4.69) is 25.8 Å². The Kier molecular flexibility index (Phi) is 5.65. The maximum Gasteiger partial charge on any atom is 0.413 e. The summed E-state index contributed by atoms with van der Waals surface area (Å²) in [4.78, 5) is 46.8. The lowest BCUT2D eigenvalue weighted by Crippen LogP contribution is -2.48. The molecular weight excluding hydrogens is 464 g/mol. The number of pyridine rings is 1. The zero-order valence-corrected chi connectivity index (χ0v) is 20.7. The lowest BCUT2D eigenvalue weighted by atomic mass is 9.89. The molecule has 0 bridgehead atoms. The number of amides is 2. The predicted molar refractivity (Wildman–Crippen MR) is 130 cm³/mol. The number of hydrogen-bond donors (Lipinski definition) is 2. The topological polar surface area (TPSA) is 141 Å². The minimum absolute atomic E-state index is 0.220. The zero-order chi connectivity index (χ0) is 25.7. The molecule has 4 heterocycles. The summed E-state index contributed by atoms with van der Waals surface area (Å²) in [7, 11) is 0. The number of carbonyl (C=O) groups is 2. The van der Waals surface area contributed by atoms with Crippen molar-refractivity contribution in [1.29, 1.82) is 0 Å². The Balaban J connectivity index is 1.48. The second kappa shape index (κ2) is 8.58. The highest BCUT2D eigenvalue weighted by Crippen LogP contribution is 2.38. The third-order valence-corrected chi connectivity index (χ3v) is 6.40. The highest BCUT2D eigenvalue weighted by Gasteiger charge is 2.45. The number of anilines is 1. The first-order valence-corrected chi connectivity index (χ1v) is 12.0. The summed E-state index contributed by atoms with van der Waals surface area (Å²) in [6.07, 6.45) is 5.03. The molecule has 1 fully saturated rings. The van der Waals surface area contributed by atoms with Gasteiger partial charge in [-0.25, -0.2) is 14.8 Å². The van der Waals surface area contributed by atoms with Gasteiger partial charge in [-0.2, -0.15) is 0 Å². The van der Waals surface area contributed by atoms with Gasteiger partial charge < -0.3 is 14.6 Å². The second-order valence-corrected chi connectivity index (χ2v) is 10.3. The molecule has 0 aromatic carbocycles. The Bertz CT molecular complexity index is 1410. The first kappa shape index (κ1) is 23.7. The molecule has 0 saturated heterocycles. The monoisotopic (exact) mass is 492 g/mol. The van der Waals surface area contributed by atoms with Crippen LogP contribution >= 0.6 is 0 Å². The molecule has 1 aliphatic carbocycles. The molecule has 11 nitrogen and oxygen atoms in total. The average molecular weight is 493 g/mol. The molecule has 0 unspecified atom stereocenters. The Labute approximate surface area is 207 Å². The van der Waals surface area contributed by atoms with E-state index in [9.17, 15) is 14.4 Å². The molecular formula is C25H28N6O5. The van der Waals surface area contributed by atoms with Crippen molar-refractivity contribution in [3.8, 4) is 22.7 Å². The van der Waals surface area contributed by atoms with E-state index in [4.69, 9.17) is 9.26 Å². The second-order valence-electron chi connectivity index (χ2n) is 10.3. The van der Waals surface area contributed by atoms with Crippen molar-refractivity contribution in [3.05, 3.63) is 46.1 Å². The normalized spacial score (nSPS) is 16.5. The van der Waals surface area contributed by atoms with Gasteiger partial charge in [0.25, 0.3) is 11.5 Å². The van der Waals surface area contributed by atoms with E-state index < -0.39 is 17.4 Å². The summed E-state index contributed by atoms with van der Waals surface area (Å²) < 4.78 is 12.4. The number of carbonyl (C=O) groups excluding carboxylic acids is 2. The van der Waals surface area contributed by atoms with Gasteiger partial charge in [-0.05, 0) is 65.0 Å². The summed E-state index contributed by atoms with van der Waals surface area (Å²) in [6, 6.07) is 4.81. The summed E-state index contributed by atoms with van der Waals surface area (Å²) in [6.45, 7) is 7.10. The highest BCUT2D eigenvalue weighted by molar-refractivity contribution is 5.97. The molecule has 1 spiro atoms. The molecule has 3 aromatic rings. The molecule has 1 aliphatic heterocycles. The Morgan fingerprint density at radius 3 is 2.58 bits per heavy atom. The summed E-state index contributed by atoms with van der Waals surface area (Å²) in [5, 5.41) is 9.73. The maximum absolute atomic E-state index is 13.7. The molecule has 36 heavy (non-hydrogen) atoms. The van der Waals surface area contributed by atoms with Crippen molar-refractivity contribution in [2.75, 3.05) is 5.32 Å². The van der Waals surface area contributed by atoms with Crippen LogP contribution < -0.4 is 16.2 Å². The molecule has 5 rings (SSSR count). The van der Waals surface area contributed by atoms with E-state index in [0.29, 0.717) is 41.1 Å². The van der Waals surface area contributed by atoms with Gasteiger partial charge >= 0.3 is 6.09 Å². The first-order chi connectivity index (χ1) is 17.1.